The topological polar surface area (TPSA) is 45.7 Å². The summed E-state index contributed by atoms with van der Waals surface area (Å²) in [6.07, 6.45) is 1.81. The fraction of sp³-hybridized carbons (Fsp3) is 0.400. The molecule has 0 saturated heterocycles. The molecule has 0 bridgehead atoms. The summed E-state index contributed by atoms with van der Waals surface area (Å²) >= 11 is 0. The van der Waals surface area contributed by atoms with Gasteiger partial charge in [-0.3, -0.25) is 0 Å². The van der Waals surface area contributed by atoms with Crippen LogP contribution in [-0.2, 0) is 6.54 Å². The van der Waals surface area contributed by atoms with E-state index in [9.17, 15) is 0 Å². The molecule has 5 heteroatoms. The van der Waals surface area contributed by atoms with Gasteiger partial charge in [0.1, 0.15) is 5.75 Å². The summed E-state index contributed by atoms with van der Waals surface area (Å²) < 4.78 is 5.31. The lowest BCUT2D eigenvalue weighted by Crippen LogP contribution is -2.37. The molecule has 0 saturated carbocycles. The van der Waals surface area contributed by atoms with E-state index in [1.807, 2.05) is 32.1 Å². The van der Waals surface area contributed by atoms with Crippen LogP contribution < -0.4 is 15.4 Å². The standard InChI is InChI=1S/C15H23N3O.HI/c1-5-9-17-15(16-6-2)18-11-13-8-7-12(3)14(10-13)19-4;/h5,7-8,10H,1,6,9,11H2,2-4H3,(H2,16,17,18);1H. The van der Waals surface area contributed by atoms with Gasteiger partial charge >= 0.3 is 0 Å². The molecule has 0 radical (unpaired) electrons. The molecule has 1 aromatic rings. The van der Waals surface area contributed by atoms with Crippen molar-refractivity contribution in [2.24, 2.45) is 4.99 Å². The maximum Gasteiger partial charge on any atom is 0.191 e. The van der Waals surface area contributed by atoms with Crippen LogP contribution in [-0.4, -0.2) is 26.2 Å². The van der Waals surface area contributed by atoms with Crippen molar-refractivity contribution < 1.29 is 4.74 Å². The zero-order valence-corrected chi connectivity index (χ0v) is 14.7. The SMILES string of the molecule is C=CCNC(=NCc1ccc(C)c(OC)c1)NCC.I. The molecular weight excluding hydrogens is 365 g/mol. The zero-order valence-electron chi connectivity index (χ0n) is 12.4. The number of benzene rings is 1. The highest BCUT2D eigenvalue weighted by Crippen LogP contribution is 2.19. The Morgan fingerprint density at radius 1 is 1.40 bits per heavy atom. The zero-order chi connectivity index (χ0) is 14.1. The number of hydrogen-bond donors (Lipinski definition) is 2. The largest absolute Gasteiger partial charge is 0.496 e. The Balaban J connectivity index is 0.00000361. The summed E-state index contributed by atoms with van der Waals surface area (Å²) in [4.78, 5) is 4.52. The normalized spacial score (nSPS) is 10.4. The first-order chi connectivity index (χ1) is 9.21. The Morgan fingerprint density at radius 2 is 2.15 bits per heavy atom. The molecule has 0 fully saturated rings. The number of aliphatic imine (C=N–C) groups is 1. The Kier molecular flexibility index (Phi) is 9.88. The Morgan fingerprint density at radius 3 is 2.75 bits per heavy atom. The molecule has 0 unspecified atom stereocenters. The molecule has 0 aromatic heterocycles. The average molecular weight is 389 g/mol. The molecule has 1 rings (SSSR count). The van der Waals surface area contributed by atoms with Gasteiger partial charge in [-0.2, -0.15) is 0 Å². The van der Waals surface area contributed by atoms with E-state index in [1.54, 1.807) is 7.11 Å². The van der Waals surface area contributed by atoms with Crippen LogP contribution in [0.4, 0.5) is 0 Å². The molecule has 0 atom stereocenters. The fourth-order valence-corrected chi connectivity index (χ4v) is 1.64. The van der Waals surface area contributed by atoms with E-state index in [-0.39, 0.29) is 24.0 Å². The highest BCUT2D eigenvalue weighted by molar-refractivity contribution is 14.0. The summed E-state index contributed by atoms with van der Waals surface area (Å²) in [5, 5.41) is 6.36. The van der Waals surface area contributed by atoms with Gasteiger partial charge < -0.3 is 15.4 Å². The summed E-state index contributed by atoms with van der Waals surface area (Å²) in [6, 6.07) is 6.14. The first kappa shape index (κ1) is 18.8. The first-order valence-corrected chi connectivity index (χ1v) is 6.47. The van der Waals surface area contributed by atoms with Gasteiger partial charge in [0.15, 0.2) is 5.96 Å². The van der Waals surface area contributed by atoms with Crippen molar-refractivity contribution in [3.8, 4) is 5.75 Å². The van der Waals surface area contributed by atoms with Crippen molar-refractivity contribution in [1.29, 1.82) is 0 Å². The van der Waals surface area contributed by atoms with E-state index in [2.05, 4.69) is 28.3 Å². The van der Waals surface area contributed by atoms with E-state index >= 15 is 0 Å². The number of hydrogen-bond acceptors (Lipinski definition) is 2. The monoisotopic (exact) mass is 389 g/mol. The first-order valence-electron chi connectivity index (χ1n) is 6.47. The molecular formula is C15H24IN3O. The minimum atomic E-state index is 0. The van der Waals surface area contributed by atoms with Gasteiger partial charge in [0, 0.05) is 13.1 Å². The molecule has 0 amide bonds. The van der Waals surface area contributed by atoms with Crippen LogP contribution in [0.3, 0.4) is 0 Å². The number of guanidine groups is 1. The van der Waals surface area contributed by atoms with Crippen molar-refractivity contribution in [1.82, 2.24) is 10.6 Å². The third-order valence-corrected chi connectivity index (χ3v) is 2.65. The van der Waals surface area contributed by atoms with Crippen molar-refractivity contribution in [3.63, 3.8) is 0 Å². The molecule has 1 aromatic carbocycles. The van der Waals surface area contributed by atoms with E-state index in [4.69, 9.17) is 4.74 Å². The second kappa shape index (κ2) is 10.5. The van der Waals surface area contributed by atoms with Gasteiger partial charge in [0.25, 0.3) is 0 Å². The second-order valence-corrected chi connectivity index (χ2v) is 4.17. The lowest BCUT2D eigenvalue weighted by atomic mass is 10.1. The molecule has 112 valence electrons. The average Bonchev–Trinajstić information content (AvgIpc) is 2.43. The van der Waals surface area contributed by atoms with Crippen LogP contribution >= 0.6 is 24.0 Å². The molecule has 20 heavy (non-hydrogen) atoms. The molecule has 0 aliphatic carbocycles. The van der Waals surface area contributed by atoms with Gasteiger partial charge in [-0.1, -0.05) is 18.2 Å². The third kappa shape index (κ3) is 6.27. The molecule has 0 aliphatic heterocycles. The van der Waals surface area contributed by atoms with Gasteiger partial charge in [0.2, 0.25) is 0 Å². The fourth-order valence-electron chi connectivity index (χ4n) is 1.64. The number of halogens is 1. The highest BCUT2D eigenvalue weighted by atomic mass is 127. The summed E-state index contributed by atoms with van der Waals surface area (Å²) in [7, 11) is 1.69. The van der Waals surface area contributed by atoms with Crippen LogP contribution in [0.1, 0.15) is 18.1 Å². The lowest BCUT2D eigenvalue weighted by molar-refractivity contribution is 0.411. The number of ether oxygens (including phenoxy) is 1. The predicted molar refractivity (Wildman–Crippen MR) is 96.2 cm³/mol. The van der Waals surface area contributed by atoms with Gasteiger partial charge in [-0.25, -0.2) is 4.99 Å². The van der Waals surface area contributed by atoms with Crippen LogP contribution in [0.5, 0.6) is 5.75 Å². The smallest absolute Gasteiger partial charge is 0.191 e. The third-order valence-electron chi connectivity index (χ3n) is 2.65. The van der Waals surface area contributed by atoms with Crippen molar-refractivity contribution >= 4 is 29.9 Å². The van der Waals surface area contributed by atoms with Crippen molar-refractivity contribution in [2.45, 2.75) is 20.4 Å². The number of aryl methyl sites for hydroxylation is 1. The molecule has 2 N–H and O–H groups in total. The maximum atomic E-state index is 5.31. The van der Waals surface area contributed by atoms with Crippen molar-refractivity contribution in [3.05, 3.63) is 42.0 Å². The predicted octanol–water partition coefficient (Wildman–Crippen LogP) is 2.86. The van der Waals surface area contributed by atoms with E-state index in [0.717, 1.165) is 29.4 Å². The minimum absolute atomic E-state index is 0. The molecule has 4 nitrogen and oxygen atoms in total. The number of nitrogens with zero attached hydrogens (tertiary/aromatic N) is 1. The number of rotatable bonds is 6. The van der Waals surface area contributed by atoms with E-state index in [0.29, 0.717) is 13.1 Å². The summed E-state index contributed by atoms with van der Waals surface area (Å²) in [6.45, 7) is 9.90. The van der Waals surface area contributed by atoms with Crippen LogP contribution in [0.15, 0.2) is 35.8 Å². The van der Waals surface area contributed by atoms with Crippen LogP contribution in [0.25, 0.3) is 0 Å². The second-order valence-electron chi connectivity index (χ2n) is 4.17. The summed E-state index contributed by atoms with van der Waals surface area (Å²) in [5.41, 5.74) is 2.25. The Labute approximate surface area is 138 Å². The summed E-state index contributed by atoms with van der Waals surface area (Å²) in [5.74, 6) is 1.69. The van der Waals surface area contributed by atoms with E-state index in [1.165, 1.54) is 0 Å². The quantitative estimate of drug-likeness (QED) is 0.341. The van der Waals surface area contributed by atoms with Gasteiger partial charge in [-0.15, -0.1) is 30.6 Å². The minimum Gasteiger partial charge on any atom is -0.496 e. The molecule has 0 heterocycles. The highest BCUT2D eigenvalue weighted by Gasteiger charge is 2.00. The Hall–Kier alpha value is -1.24. The molecule has 0 aliphatic rings. The number of methoxy groups -OCH3 is 1. The van der Waals surface area contributed by atoms with Crippen LogP contribution in [0, 0.1) is 6.92 Å². The van der Waals surface area contributed by atoms with Gasteiger partial charge in [0.05, 0.1) is 13.7 Å². The number of nitrogens with one attached hydrogen (secondary N) is 2. The maximum absolute atomic E-state index is 5.31. The van der Waals surface area contributed by atoms with E-state index < -0.39 is 0 Å². The van der Waals surface area contributed by atoms with Crippen LogP contribution in [0.2, 0.25) is 0 Å². The Bertz CT molecular complexity index is 447. The van der Waals surface area contributed by atoms with Crippen molar-refractivity contribution in [2.75, 3.05) is 20.2 Å². The van der Waals surface area contributed by atoms with Gasteiger partial charge in [-0.05, 0) is 31.0 Å². The lowest BCUT2D eigenvalue weighted by Gasteiger charge is -2.10. The molecule has 0 spiro atoms.